The lowest BCUT2D eigenvalue weighted by Gasteiger charge is -2.35. The van der Waals surface area contributed by atoms with Crippen molar-refractivity contribution in [2.45, 2.75) is 71.2 Å². The Morgan fingerprint density at radius 2 is 1.52 bits per heavy atom. The first kappa shape index (κ1) is 30.8. The maximum atomic E-state index is 14.7. The van der Waals surface area contributed by atoms with E-state index in [0.29, 0.717) is 5.69 Å². The Bertz CT molecular complexity index is 1650. The van der Waals surface area contributed by atoms with Gasteiger partial charge in [0.25, 0.3) is 5.91 Å². The summed E-state index contributed by atoms with van der Waals surface area (Å²) in [4.78, 5) is 43.8. The zero-order valence-electron chi connectivity index (χ0n) is 26.0. The van der Waals surface area contributed by atoms with Gasteiger partial charge in [-0.3, -0.25) is 9.59 Å². The van der Waals surface area contributed by atoms with E-state index in [1.165, 1.54) is 0 Å². The minimum absolute atomic E-state index is 0.159. The first-order chi connectivity index (χ1) is 21.0. The molecule has 0 radical (unpaired) electrons. The first-order valence-corrected chi connectivity index (χ1v) is 15.2. The number of fused-ring (bicyclic) bond motifs is 1. The summed E-state index contributed by atoms with van der Waals surface area (Å²) < 4.78 is 5.56. The van der Waals surface area contributed by atoms with Gasteiger partial charge in [-0.2, -0.15) is 0 Å². The summed E-state index contributed by atoms with van der Waals surface area (Å²) in [6.45, 7) is 9.37. The van der Waals surface area contributed by atoms with E-state index in [1.807, 2.05) is 104 Å². The van der Waals surface area contributed by atoms with Crippen LogP contribution >= 0.6 is 0 Å². The molecule has 0 bridgehead atoms. The van der Waals surface area contributed by atoms with Crippen LogP contribution in [0.2, 0.25) is 0 Å². The van der Waals surface area contributed by atoms with Gasteiger partial charge in [0.2, 0.25) is 5.91 Å². The molecule has 1 fully saturated rings. The molecule has 4 atom stereocenters. The second kappa shape index (κ2) is 12.9. The topological polar surface area (TPSA) is 87.7 Å². The third-order valence-corrected chi connectivity index (χ3v) is 7.98. The van der Waals surface area contributed by atoms with Crippen LogP contribution in [0.15, 0.2) is 97.1 Å². The zero-order valence-corrected chi connectivity index (χ0v) is 26.0. The van der Waals surface area contributed by atoms with E-state index >= 15 is 0 Å². The number of amides is 3. The summed E-state index contributed by atoms with van der Waals surface area (Å²) >= 11 is 0. The predicted molar refractivity (Wildman–Crippen MR) is 174 cm³/mol. The molecule has 228 valence electrons. The summed E-state index contributed by atoms with van der Waals surface area (Å²) in [6.07, 6.45) is 0.342. The van der Waals surface area contributed by atoms with Crippen LogP contribution in [0.5, 0.6) is 0 Å². The summed E-state index contributed by atoms with van der Waals surface area (Å²) in [5.74, 6) is -0.424. The standard InChI is InChI=1S/C37H41N3O4/c1-24-13-9-12-18-30(24)33(34(41)38-29-20-19-27-16-10-11-17-28(27)23-29)40(32-21-25(32)2)35(42)31(22-26-14-7-6-8-15-26)39-36(43)44-37(3,4)5/h6-20,23,25,31-33H,21-22H2,1-5H3,(H,38,41)(H,39,43). The lowest BCUT2D eigenvalue weighted by molar-refractivity contribution is -0.141. The zero-order chi connectivity index (χ0) is 31.4. The summed E-state index contributed by atoms with van der Waals surface area (Å²) in [6, 6.07) is 29.0. The van der Waals surface area contributed by atoms with Gasteiger partial charge in [-0.15, -0.1) is 0 Å². The van der Waals surface area contributed by atoms with Crippen LogP contribution in [0.1, 0.15) is 56.8 Å². The largest absolute Gasteiger partial charge is 0.444 e. The molecule has 44 heavy (non-hydrogen) atoms. The Labute approximate surface area is 259 Å². The summed E-state index contributed by atoms with van der Waals surface area (Å²) in [5, 5.41) is 8.03. The Morgan fingerprint density at radius 3 is 2.18 bits per heavy atom. The molecule has 0 heterocycles. The number of carbonyl (C=O) groups excluding carboxylic acids is 3. The van der Waals surface area contributed by atoms with Crippen molar-refractivity contribution >= 4 is 34.4 Å². The van der Waals surface area contributed by atoms with Crippen LogP contribution in [-0.2, 0) is 20.7 Å². The van der Waals surface area contributed by atoms with Crippen molar-refractivity contribution in [3.05, 3.63) is 114 Å². The molecule has 0 saturated heterocycles. The smallest absolute Gasteiger partial charge is 0.408 e. The second-order valence-corrected chi connectivity index (χ2v) is 12.7. The normalized spacial score (nSPS) is 17.3. The van der Waals surface area contributed by atoms with Gasteiger partial charge in [-0.25, -0.2) is 4.79 Å². The van der Waals surface area contributed by atoms with Crippen molar-refractivity contribution in [1.29, 1.82) is 0 Å². The van der Waals surface area contributed by atoms with E-state index in [-0.39, 0.29) is 30.2 Å². The lowest BCUT2D eigenvalue weighted by Crippen LogP contribution is -2.54. The number of alkyl carbamates (subject to hydrolysis) is 1. The van der Waals surface area contributed by atoms with Crippen LogP contribution in [0.25, 0.3) is 10.8 Å². The minimum Gasteiger partial charge on any atom is -0.444 e. The molecule has 4 aromatic carbocycles. The van der Waals surface area contributed by atoms with Crippen molar-refractivity contribution in [3.8, 4) is 0 Å². The van der Waals surface area contributed by atoms with Crippen molar-refractivity contribution in [1.82, 2.24) is 10.2 Å². The van der Waals surface area contributed by atoms with E-state index in [0.717, 1.165) is 33.9 Å². The van der Waals surface area contributed by atoms with Gasteiger partial charge < -0.3 is 20.3 Å². The summed E-state index contributed by atoms with van der Waals surface area (Å²) in [5.41, 5.74) is 2.44. The molecule has 2 N–H and O–H groups in total. The number of hydrogen-bond donors (Lipinski definition) is 2. The number of ether oxygens (including phenoxy) is 1. The molecule has 7 heteroatoms. The number of anilines is 1. The van der Waals surface area contributed by atoms with Gasteiger partial charge in [0.1, 0.15) is 17.7 Å². The van der Waals surface area contributed by atoms with E-state index in [1.54, 1.807) is 25.7 Å². The van der Waals surface area contributed by atoms with Crippen LogP contribution in [0.3, 0.4) is 0 Å². The number of rotatable bonds is 9. The Kier molecular flexibility index (Phi) is 9.04. The van der Waals surface area contributed by atoms with Gasteiger partial charge in [0.15, 0.2) is 0 Å². The molecule has 1 aliphatic carbocycles. The quantitative estimate of drug-likeness (QED) is 0.216. The molecular weight excluding hydrogens is 550 g/mol. The van der Waals surface area contributed by atoms with E-state index in [9.17, 15) is 14.4 Å². The highest BCUT2D eigenvalue weighted by Gasteiger charge is 2.48. The number of nitrogens with zero attached hydrogens (tertiary/aromatic N) is 1. The maximum absolute atomic E-state index is 14.7. The van der Waals surface area contributed by atoms with Crippen molar-refractivity contribution in [3.63, 3.8) is 0 Å². The minimum atomic E-state index is -0.944. The van der Waals surface area contributed by atoms with Crippen LogP contribution in [0.4, 0.5) is 10.5 Å². The Hall–Kier alpha value is -4.65. The number of benzene rings is 4. The number of aryl methyl sites for hydroxylation is 1. The molecule has 1 saturated carbocycles. The predicted octanol–water partition coefficient (Wildman–Crippen LogP) is 7.20. The first-order valence-electron chi connectivity index (χ1n) is 15.2. The Morgan fingerprint density at radius 1 is 0.886 bits per heavy atom. The van der Waals surface area contributed by atoms with E-state index < -0.39 is 23.8 Å². The van der Waals surface area contributed by atoms with Gasteiger partial charge in [0, 0.05) is 18.2 Å². The molecule has 0 aliphatic heterocycles. The van der Waals surface area contributed by atoms with Gasteiger partial charge in [-0.05, 0) is 79.6 Å². The average Bonchev–Trinajstić information content (AvgIpc) is 3.70. The Balaban J connectivity index is 1.53. The molecule has 4 aromatic rings. The number of carbonyl (C=O) groups is 3. The fraction of sp³-hybridized carbons (Fsp3) is 0.324. The van der Waals surface area contributed by atoms with Gasteiger partial charge in [0.05, 0.1) is 0 Å². The average molecular weight is 592 g/mol. The SMILES string of the molecule is Cc1ccccc1C(C(=O)Nc1ccc2ccccc2c1)N(C(=O)C(Cc1ccccc1)NC(=O)OC(C)(C)C)C1CC1C. The third kappa shape index (κ3) is 7.46. The molecule has 3 amide bonds. The lowest BCUT2D eigenvalue weighted by atomic mass is 9.96. The van der Waals surface area contributed by atoms with Crippen molar-refractivity contribution in [2.24, 2.45) is 5.92 Å². The van der Waals surface area contributed by atoms with E-state index in [4.69, 9.17) is 4.74 Å². The highest BCUT2D eigenvalue weighted by atomic mass is 16.6. The molecule has 0 spiro atoms. The molecule has 5 rings (SSSR count). The molecule has 1 aliphatic rings. The van der Waals surface area contributed by atoms with Crippen LogP contribution in [-0.4, -0.2) is 40.5 Å². The van der Waals surface area contributed by atoms with Crippen LogP contribution in [0, 0.1) is 12.8 Å². The molecular formula is C37H41N3O4. The highest BCUT2D eigenvalue weighted by molar-refractivity contribution is 6.01. The fourth-order valence-corrected chi connectivity index (χ4v) is 5.64. The highest BCUT2D eigenvalue weighted by Crippen LogP contribution is 2.41. The number of nitrogens with one attached hydrogen (secondary N) is 2. The van der Waals surface area contributed by atoms with Crippen molar-refractivity contribution < 1.29 is 19.1 Å². The second-order valence-electron chi connectivity index (χ2n) is 12.7. The maximum Gasteiger partial charge on any atom is 0.408 e. The fourth-order valence-electron chi connectivity index (χ4n) is 5.64. The van der Waals surface area contributed by atoms with Crippen molar-refractivity contribution in [2.75, 3.05) is 5.32 Å². The monoisotopic (exact) mass is 591 g/mol. The van der Waals surface area contributed by atoms with Crippen LogP contribution < -0.4 is 10.6 Å². The molecule has 4 unspecified atom stereocenters. The van der Waals surface area contributed by atoms with Gasteiger partial charge >= 0.3 is 6.09 Å². The van der Waals surface area contributed by atoms with E-state index in [2.05, 4.69) is 17.6 Å². The van der Waals surface area contributed by atoms with Gasteiger partial charge in [-0.1, -0.05) is 91.9 Å². The number of hydrogen-bond acceptors (Lipinski definition) is 4. The molecule has 0 aromatic heterocycles. The summed E-state index contributed by atoms with van der Waals surface area (Å²) in [7, 11) is 0. The third-order valence-electron chi connectivity index (χ3n) is 7.98. The molecule has 7 nitrogen and oxygen atoms in total.